The fourth-order valence-corrected chi connectivity index (χ4v) is 5.92. The van der Waals surface area contributed by atoms with Gasteiger partial charge in [-0.3, -0.25) is 0 Å². The Morgan fingerprint density at radius 1 is 1.00 bits per heavy atom. The Hall–Kier alpha value is -0.0800. The number of aliphatic hydroxyl groups is 2. The SMILES string of the molecule is CC1C2CC(CC2C2(C)CCCC(O)C(O)C2)C1(C)C. The lowest BCUT2D eigenvalue weighted by Crippen LogP contribution is -2.42. The van der Waals surface area contributed by atoms with Crippen LogP contribution in [0.15, 0.2) is 0 Å². The van der Waals surface area contributed by atoms with E-state index in [4.69, 9.17) is 0 Å². The van der Waals surface area contributed by atoms with Crippen LogP contribution in [0.4, 0.5) is 0 Å². The molecule has 20 heavy (non-hydrogen) atoms. The molecule has 3 aliphatic carbocycles. The van der Waals surface area contributed by atoms with Crippen LogP contribution in [0.2, 0.25) is 0 Å². The predicted molar refractivity (Wildman–Crippen MR) is 81.2 cm³/mol. The lowest BCUT2D eigenvalue weighted by atomic mass is 9.58. The first-order valence-corrected chi connectivity index (χ1v) is 8.62. The first-order valence-electron chi connectivity index (χ1n) is 8.62. The summed E-state index contributed by atoms with van der Waals surface area (Å²) in [6.45, 7) is 9.74. The summed E-state index contributed by atoms with van der Waals surface area (Å²) in [4.78, 5) is 0. The van der Waals surface area contributed by atoms with Crippen LogP contribution in [0.25, 0.3) is 0 Å². The molecule has 3 aliphatic rings. The topological polar surface area (TPSA) is 40.5 Å². The molecule has 116 valence electrons. The van der Waals surface area contributed by atoms with Gasteiger partial charge in [0.15, 0.2) is 0 Å². The minimum atomic E-state index is -0.509. The van der Waals surface area contributed by atoms with E-state index in [-0.39, 0.29) is 5.41 Å². The normalized spacial score (nSPS) is 54.9. The zero-order chi connectivity index (χ0) is 14.7. The van der Waals surface area contributed by atoms with Gasteiger partial charge in [-0.05, 0) is 66.6 Å². The van der Waals surface area contributed by atoms with Gasteiger partial charge in [-0.25, -0.2) is 0 Å². The predicted octanol–water partition coefficient (Wildman–Crippen LogP) is 3.61. The summed E-state index contributed by atoms with van der Waals surface area (Å²) in [6.07, 6.45) is 5.57. The molecule has 0 aromatic rings. The summed E-state index contributed by atoms with van der Waals surface area (Å²) in [6, 6.07) is 0. The maximum atomic E-state index is 10.2. The third-order valence-electron chi connectivity index (χ3n) is 7.74. The molecule has 0 saturated heterocycles. The van der Waals surface area contributed by atoms with Gasteiger partial charge in [-0.15, -0.1) is 0 Å². The van der Waals surface area contributed by atoms with Gasteiger partial charge in [-0.2, -0.15) is 0 Å². The summed E-state index contributed by atoms with van der Waals surface area (Å²) in [5.74, 6) is 3.26. The quantitative estimate of drug-likeness (QED) is 0.720. The second kappa shape index (κ2) is 4.71. The van der Waals surface area contributed by atoms with Crippen LogP contribution >= 0.6 is 0 Å². The van der Waals surface area contributed by atoms with E-state index in [1.54, 1.807) is 0 Å². The van der Waals surface area contributed by atoms with Crippen molar-refractivity contribution in [3.63, 3.8) is 0 Å². The number of rotatable bonds is 1. The maximum Gasteiger partial charge on any atom is 0.0804 e. The molecular weight excluding hydrogens is 248 g/mol. The first-order chi connectivity index (χ1) is 9.25. The van der Waals surface area contributed by atoms with E-state index < -0.39 is 12.2 Å². The second-order valence-corrected chi connectivity index (χ2v) is 8.93. The highest BCUT2D eigenvalue weighted by Gasteiger charge is 2.59. The lowest BCUT2D eigenvalue weighted by Gasteiger charge is -2.47. The molecule has 2 N–H and O–H groups in total. The van der Waals surface area contributed by atoms with Gasteiger partial charge in [0.05, 0.1) is 12.2 Å². The van der Waals surface area contributed by atoms with Crippen molar-refractivity contribution < 1.29 is 10.2 Å². The van der Waals surface area contributed by atoms with E-state index in [0.29, 0.717) is 5.41 Å². The van der Waals surface area contributed by atoms with Crippen LogP contribution < -0.4 is 0 Å². The zero-order valence-corrected chi connectivity index (χ0v) is 13.6. The van der Waals surface area contributed by atoms with Gasteiger partial charge in [-0.1, -0.05) is 34.1 Å². The molecule has 3 saturated carbocycles. The van der Waals surface area contributed by atoms with Gasteiger partial charge in [0.2, 0.25) is 0 Å². The summed E-state index contributed by atoms with van der Waals surface area (Å²) < 4.78 is 0. The third kappa shape index (κ3) is 2.06. The number of aliphatic hydroxyl groups excluding tert-OH is 2. The minimum absolute atomic E-state index is 0.237. The van der Waals surface area contributed by atoms with Crippen LogP contribution in [0, 0.1) is 34.5 Å². The molecule has 2 heteroatoms. The van der Waals surface area contributed by atoms with Crippen molar-refractivity contribution in [3.8, 4) is 0 Å². The summed E-state index contributed by atoms with van der Waals surface area (Å²) in [5.41, 5.74) is 0.738. The van der Waals surface area contributed by atoms with Crippen LogP contribution in [-0.4, -0.2) is 22.4 Å². The fraction of sp³-hybridized carbons (Fsp3) is 1.00. The van der Waals surface area contributed by atoms with Crippen molar-refractivity contribution in [1.82, 2.24) is 0 Å². The van der Waals surface area contributed by atoms with Crippen molar-refractivity contribution in [3.05, 3.63) is 0 Å². The Labute approximate surface area is 124 Å². The average molecular weight is 280 g/mol. The van der Waals surface area contributed by atoms with Crippen molar-refractivity contribution in [2.24, 2.45) is 34.5 Å². The minimum Gasteiger partial charge on any atom is -0.390 e. The van der Waals surface area contributed by atoms with E-state index in [2.05, 4.69) is 27.7 Å². The van der Waals surface area contributed by atoms with Crippen LogP contribution in [0.5, 0.6) is 0 Å². The fourth-order valence-electron chi connectivity index (χ4n) is 5.92. The molecule has 2 nitrogen and oxygen atoms in total. The van der Waals surface area contributed by atoms with E-state index in [0.717, 1.165) is 42.9 Å². The van der Waals surface area contributed by atoms with Crippen molar-refractivity contribution in [2.75, 3.05) is 0 Å². The van der Waals surface area contributed by atoms with E-state index >= 15 is 0 Å². The summed E-state index contributed by atoms with van der Waals surface area (Å²) >= 11 is 0. The van der Waals surface area contributed by atoms with Crippen LogP contribution in [0.1, 0.15) is 66.2 Å². The molecule has 0 spiro atoms. The molecule has 7 unspecified atom stereocenters. The van der Waals surface area contributed by atoms with Gasteiger partial charge < -0.3 is 10.2 Å². The molecule has 0 aliphatic heterocycles. The molecule has 0 amide bonds. The molecule has 7 atom stereocenters. The lowest BCUT2D eigenvalue weighted by molar-refractivity contribution is -0.0316. The first kappa shape index (κ1) is 14.8. The Morgan fingerprint density at radius 2 is 1.70 bits per heavy atom. The standard InChI is InChI=1S/C18H32O2/c1-11-13-8-12(17(11,2)3)9-14(13)18(4)7-5-6-15(19)16(20)10-18/h11-16,19-20H,5-10H2,1-4H3. The number of hydrogen-bond donors (Lipinski definition) is 2. The third-order valence-corrected chi connectivity index (χ3v) is 7.74. The maximum absolute atomic E-state index is 10.2. The zero-order valence-electron chi connectivity index (χ0n) is 13.6. The Balaban J connectivity index is 1.80. The van der Waals surface area contributed by atoms with Crippen molar-refractivity contribution in [1.29, 1.82) is 0 Å². The Morgan fingerprint density at radius 3 is 2.30 bits per heavy atom. The van der Waals surface area contributed by atoms with Gasteiger partial charge in [0, 0.05) is 0 Å². The molecule has 3 fully saturated rings. The van der Waals surface area contributed by atoms with Crippen LogP contribution in [-0.2, 0) is 0 Å². The molecule has 0 heterocycles. The largest absolute Gasteiger partial charge is 0.390 e. The highest BCUT2D eigenvalue weighted by Crippen LogP contribution is 2.66. The van der Waals surface area contributed by atoms with E-state index in [9.17, 15) is 10.2 Å². The smallest absolute Gasteiger partial charge is 0.0804 e. The van der Waals surface area contributed by atoms with Crippen LogP contribution in [0.3, 0.4) is 0 Å². The molecular formula is C18H32O2. The monoisotopic (exact) mass is 280 g/mol. The van der Waals surface area contributed by atoms with Crippen molar-refractivity contribution in [2.45, 2.75) is 78.4 Å². The highest BCUT2D eigenvalue weighted by molar-refractivity contribution is 5.08. The second-order valence-electron chi connectivity index (χ2n) is 8.93. The average Bonchev–Trinajstić information content (AvgIpc) is 2.86. The molecule has 2 bridgehead atoms. The summed E-state index contributed by atoms with van der Waals surface area (Å²) in [5, 5.41) is 20.2. The number of fused-ring (bicyclic) bond motifs is 2. The molecule has 3 rings (SSSR count). The molecule has 0 aromatic heterocycles. The van der Waals surface area contributed by atoms with Crippen molar-refractivity contribution >= 4 is 0 Å². The highest BCUT2D eigenvalue weighted by atomic mass is 16.3. The number of hydrogen-bond acceptors (Lipinski definition) is 2. The molecule has 0 aromatic carbocycles. The Bertz CT molecular complexity index is 374. The van der Waals surface area contributed by atoms with Gasteiger partial charge in [0.1, 0.15) is 0 Å². The summed E-state index contributed by atoms with van der Waals surface area (Å²) in [7, 11) is 0. The van der Waals surface area contributed by atoms with E-state index in [1.165, 1.54) is 19.3 Å². The Kier molecular flexibility index (Phi) is 3.49. The van der Waals surface area contributed by atoms with Gasteiger partial charge in [0.25, 0.3) is 0 Å². The van der Waals surface area contributed by atoms with E-state index in [1.807, 2.05) is 0 Å². The molecule has 0 radical (unpaired) electrons. The van der Waals surface area contributed by atoms with Gasteiger partial charge >= 0.3 is 0 Å².